The largest absolute Gasteiger partial charge is 0.373 e. The van der Waals surface area contributed by atoms with Gasteiger partial charge in [0.2, 0.25) is 0 Å². The third kappa shape index (κ3) is 3.75. The standard InChI is InChI=1S/C14H26N4S/c1-7-11(9-19-6)18(5)14-10(3)13(15-4)16-12(8-2)17-14/h11H,7-9H2,1-6H3,(H,15,16,17). The molecule has 1 unspecified atom stereocenters. The van der Waals surface area contributed by atoms with Crippen molar-refractivity contribution in [1.29, 1.82) is 0 Å². The smallest absolute Gasteiger partial charge is 0.137 e. The van der Waals surface area contributed by atoms with Crippen molar-refractivity contribution < 1.29 is 0 Å². The van der Waals surface area contributed by atoms with E-state index in [0.717, 1.165) is 41.6 Å². The van der Waals surface area contributed by atoms with Gasteiger partial charge in [0.05, 0.1) is 0 Å². The van der Waals surface area contributed by atoms with Gasteiger partial charge < -0.3 is 10.2 Å². The Bertz CT molecular complexity index is 409. The molecule has 0 aliphatic heterocycles. The molecule has 1 aromatic heterocycles. The number of nitrogens with one attached hydrogen (secondary N) is 1. The number of rotatable bonds is 7. The molecule has 1 atom stereocenters. The zero-order chi connectivity index (χ0) is 14.4. The second-order valence-corrected chi connectivity index (χ2v) is 5.58. The van der Waals surface area contributed by atoms with Crippen LogP contribution in [0.5, 0.6) is 0 Å². The van der Waals surface area contributed by atoms with Crippen LogP contribution in [0.2, 0.25) is 0 Å². The molecule has 5 heteroatoms. The molecule has 0 bridgehead atoms. The SMILES string of the molecule is CCc1nc(NC)c(C)c(N(C)C(CC)CSC)n1. The van der Waals surface area contributed by atoms with Crippen LogP contribution in [0, 0.1) is 6.92 Å². The summed E-state index contributed by atoms with van der Waals surface area (Å²) in [6.07, 6.45) is 4.13. The van der Waals surface area contributed by atoms with Crippen molar-refractivity contribution in [3.63, 3.8) is 0 Å². The van der Waals surface area contributed by atoms with Crippen molar-refractivity contribution in [1.82, 2.24) is 9.97 Å². The lowest BCUT2D eigenvalue weighted by atomic mass is 10.2. The maximum absolute atomic E-state index is 4.72. The summed E-state index contributed by atoms with van der Waals surface area (Å²) in [5.41, 5.74) is 1.13. The van der Waals surface area contributed by atoms with Crippen molar-refractivity contribution in [2.75, 3.05) is 36.3 Å². The van der Waals surface area contributed by atoms with Gasteiger partial charge in [0.15, 0.2) is 0 Å². The Hall–Kier alpha value is -0.970. The van der Waals surface area contributed by atoms with Gasteiger partial charge in [-0.3, -0.25) is 0 Å². The van der Waals surface area contributed by atoms with E-state index in [1.54, 1.807) is 0 Å². The fourth-order valence-electron chi connectivity index (χ4n) is 2.16. The normalized spacial score (nSPS) is 12.3. The summed E-state index contributed by atoms with van der Waals surface area (Å²) in [6.45, 7) is 6.41. The maximum atomic E-state index is 4.72. The molecule has 0 saturated carbocycles. The predicted molar refractivity (Wildman–Crippen MR) is 86.6 cm³/mol. The first kappa shape index (κ1) is 16.1. The monoisotopic (exact) mass is 282 g/mol. The second kappa shape index (κ2) is 7.58. The summed E-state index contributed by atoms with van der Waals surface area (Å²) >= 11 is 1.88. The van der Waals surface area contributed by atoms with E-state index in [4.69, 9.17) is 4.98 Å². The predicted octanol–water partition coefficient (Wildman–Crippen LogP) is 2.97. The Labute approximate surface area is 121 Å². The molecule has 0 aromatic carbocycles. The third-order valence-electron chi connectivity index (χ3n) is 3.43. The maximum Gasteiger partial charge on any atom is 0.137 e. The Morgan fingerprint density at radius 2 is 2.00 bits per heavy atom. The molecule has 0 amide bonds. The van der Waals surface area contributed by atoms with E-state index in [2.05, 4.69) is 49.3 Å². The first-order valence-electron chi connectivity index (χ1n) is 6.85. The molecule has 19 heavy (non-hydrogen) atoms. The minimum Gasteiger partial charge on any atom is -0.373 e. The number of nitrogens with zero attached hydrogens (tertiary/aromatic N) is 3. The lowest BCUT2D eigenvalue weighted by Crippen LogP contribution is -2.34. The topological polar surface area (TPSA) is 41.1 Å². The quantitative estimate of drug-likeness (QED) is 0.832. The minimum absolute atomic E-state index is 0.512. The number of aryl methyl sites for hydroxylation is 1. The van der Waals surface area contributed by atoms with Gasteiger partial charge in [0.25, 0.3) is 0 Å². The molecule has 0 aliphatic rings. The Morgan fingerprint density at radius 1 is 1.32 bits per heavy atom. The molecule has 1 N–H and O–H groups in total. The van der Waals surface area contributed by atoms with Gasteiger partial charge in [-0.15, -0.1) is 0 Å². The number of thioether (sulfide) groups is 1. The molecular formula is C14H26N4S. The van der Waals surface area contributed by atoms with Gasteiger partial charge in [-0.25, -0.2) is 9.97 Å². The van der Waals surface area contributed by atoms with Crippen molar-refractivity contribution in [3.05, 3.63) is 11.4 Å². The molecular weight excluding hydrogens is 256 g/mol. The summed E-state index contributed by atoms with van der Waals surface area (Å²) in [7, 11) is 4.05. The molecule has 0 saturated heterocycles. The minimum atomic E-state index is 0.512. The van der Waals surface area contributed by atoms with Crippen LogP contribution in [0.15, 0.2) is 0 Å². The molecule has 0 spiro atoms. The molecule has 0 aliphatic carbocycles. The van der Waals surface area contributed by atoms with Crippen LogP contribution < -0.4 is 10.2 Å². The number of hydrogen-bond donors (Lipinski definition) is 1. The summed E-state index contributed by atoms with van der Waals surface area (Å²) in [6, 6.07) is 0.512. The molecule has 4 nitrogen and oxygen atoms in total. The average Bonchev–Trinajstić information content (AvgIpc) is 2.44. The highest BCUT2D eigenvalue weighted by Crippen LogP contribution is 2.25. The average molecular weight is 282 g/mol. The van der Waals surface area contributed by atoms with Crippen LogP contribution in [-0.4, -0.2) is 42.1 Å². The highest BCUT2D eigenvalue weighted by molar-refractivity contribution is 7.98. The Balaban J connectivity index is 3.16. The molecule has 1 heterocycles. The van der Waals surface area contributed by atoms with Crippen LogP contribution in [0.25, 0.3) is 0 Å². The van der Waals surface area contributed by atoms with Gasteiger partial charge >= 0.3 is 0 Å². The Morgan fingerprint density at radius 3 is 2.47 bits per heavy atom. The molecule has 0 fully saturated rings. The van der Waals surface area contributed by atoms with Crippen LogP contribution in [0.4, 0.5) is 11.6 Å². The van der Waals surface area contributed by atoms with Crippen molar-refractivity contribution >= 4 is 23.4 Å². The van der Waals surface area contributed by atoms with Crippen molar-refractivity contribution in [2.24, 2.45) is 0 Å². The third-order valence-corrected chi connectivity index (χ3v) is 4.15. The van der Waals surface area contributed by atoms with Gasteiger partial charge in [-0.1, -0.05) is 13.8 Å². The number of aromatic nitrogens is 2. The number of anilines is 2. The molecule has 1 aromatic rings. The van der Waals surface area contributed by atoms with Gasteiger partial charge in [-0.05, 0) is 19.6 Å². The zero-order valence-corrected chi connectivity index (χ0v) is 13.8. The first-order valence-corrected chi connectivity index (χ1v) is 8.25. The summed E-state index contributed by atoms with van der Waals surface area (Å²) < 4.78 is 0. The number of hydrogen-bond acceptors (Lipinski definition) is 5. The van der Waals surface area contributed by atoms with Gasteiger partial charge in [0, 0.05) is 37.9 Å². The molecule has 0 radical (unpaired) electrons. The zero-order valence-electron chi connectivity index (χ0n) is 12.9. The first-order chi connectivity index (χ1) is 9.08. The van der Waals surface area contributed by atoms with E-state index in [1.165, 1.54) is 0 Å². The van der Waals surface area contributed by atoms with Crippen LogP contribution >= 0.6 is 11.8 Å². The van der Waals surface area contributed by atoms with Gasteiger partial charge in [-0.2, -0.15) is 11.8 Å². The lowest BCUT2D eigenvalue weighted by molar-refractivity contribution is 0.661. The van der Waals surface area contributed by atoms with E-state index in [9.17, 15) is 0 Å². The van der Waals surface area contributed by atoms with Crippen LogP contribution in [0.3, 0.4) is 0 Å². The summed E-state index contributed by atoms with van der Waals surface area (Å²) in [5, 5.41) is 3.17. The second-order valence-electron chi connectivity index (χ2n) is 4.67. The van der Waals surface area contributed by atoms with E-state index >= 15 is 0 Å². The van der Waals surface area contributed by atoms with Crippen LogP contribution in [0.1, 0.15) is 31.7 Å². The van der Waals surface area contributed by atoms with Gasteiger partial charge in [0.1, 0.15) is 17.5 Å². The highest BCUT2D eigenvalue weighted by atomic mass is 32.2. The van der Waals surface area contributed by atoms with E-state index < -0.39 is 0 Å². The van der Waals surface area contributed by atoms with E-state index in [-0.39, 0.29) is 0 Å². The van der Waals surface area contributed by atoms with Crippen molar-refractivity contribution in [3.8, 4) is 0 Å². The molecule has 108 valence electrons. The summed E-state index contributed by atoms with van der Waals surface area (Å²) in [5.74, 6) is 4.01. The van der Waals surface area contributed by atoms with E-state index in [1.807, 2.05) is 18.8 Å². The highest BCUT2D eigenvalue weighted by Gasteiger charge is 2.18. The van der Waals surface area contributed by atoms with Crippen LogP contribution in [-0.2, 0) is 6.42 Å². The Kier molecular flexibility index (Phi) is 6.42. The molecule has 1 rings (SSSR count). The fourth-order valence-corrected chi connectivity index (χ4v) is 3.01. The summed E-state index contributed by atoms with van der Waals surface area (Å²) in [4.78, 5) is 11.5. The van der Waals surface area contributed by atoms with Crippen molar-refractivity contribution in [2.45, 2.75) is 39.7 Å². The fraction of sp³-hybridized carbons (Fsp3) is 0.714. The lowest BCUT2D eigenvalue weighted by Gasteiger charge is -2.29. The van der Waals surface area contributed by atoms with E-state index in [0.29, 0.717) is 6.04 Å².